The monoisotopic (exact) mass is 520 g/mol. The third-order valence-electron chi connectivity index (χ3n) is 6.13. The number of halogens is 1. The summed E-state index contributed by atoms with van der Waals surface area (Å²) in [6, 6.07) is 8.06. The molecule has 0 radical (unpaired) electrons. The zero-order valence-electron chi connectivity index (χ0n) is 21.6. The number of amides is 2. The number of allylic oxidation sites excluding steroid dienone is 2. The molecule has 2 aromatic carbocycles. The highest BCUT2D eigenvalue weighted by molar-refractivity contribution is 6.06. The molecule has 38 heavy (non-hydrogen) atoms. The van der Waals surface area contributed by atoms with Crippen LogP contribution in [0.3, 0.4) is 0 Å². The molecule has 10 heteroatoms. The number of aromatic amines is 1. The average Bonchev–Trinajstić information content (AvgIpc) is 3.49. The number of imidazole rings is 1. The van der Waals surface area contributed by atoms with Gasteiger partial charge in [-0.1, -0.05) is 6.07 Å². The van der Waals surface area contributed by atoms with E-state index in [4.69, 9.17) is 14.2 Å². The van der Waals surface area contributed by atoms with Gasteiger partial charge >= 0.3 is 6.09 Å². The Hall–Kier alpha value is -4.60. The van der Waals surface area contributed by atoms with Gasteiger partial charge in [0.05, 0.1) is 27.0 Å². The molecule has 3 aromatic rings. The van der Waals surface area contributed by atoms with Crippen LogP contribution in [0.25, 0.3) is 17.2 Å². The first-order valence-electron chi connectivity index (χ1n) is 12.0. The molecular formula is C28H29FN4O5. The molecule has 0 saturated heterocycles. The number of nitrogens with zero attached hydrogens (tertiary/aromatic N) is 1. The Morgan fingerprint density at radius 2 is 1.82 bits per heavy atom. The quantitative estimate of drug-likeness (QED) is 0.386. The van der Waals surface area contributed by atoms with Crippen LogP contribution < -0.4 is 24.8 Å². The van der Waals surface area contributed by atoms with Crippen molar-refractivity contribution in [2.45, 2.75) is 20.3 Å². The van der Waals surface area contributed by atoms with Crippen LogP contribution in [0.1, 0.15) is 36.2 Å². The van der Waals surface area contributed by atoms with E-state index in [1.54, 1.807) is 31.3 Å². The van der Waals surface area contributed by atoms with Gasteiger partial charge in [-0.25, -0.2) is 14.2 Å². The largest absolute Gasteiger partial charge is 0.493 e. The van der Waals surface area contributed by atoms with E-state index in [1.807, 2.05) is 13.0 Å². The van der Waals surface area contributed by atoms with Crippen LogP contribution in [0.2, 0.25) is 0 Å². The highest BCUT2D eigenvalue weighted by Gasteiger charge is 2.25. The summed E-state index contributed by atoms with van der Waals surface area (Å²) in [5, 5.41) is 5.49. The second-order valence-electron chi connectivity index (χ2n) is 8.56. The minimum absolute atomic E-state index is 0.157. The molecule has 0 aliphatic heterocycles. The molecule has 0 unspecified atom stereocenters. The molecule has 0 saturated carbocycles. The van der Waals surface area contributed by atoms with E-state index in [2.05, 4.69) is 20.6 Å². The summed E-state index contributed by atoms with van der Waals surface area (Å²) in [4.78, 5) is 31.3. The fourth-order valence-corrected chi connectivity index (χ4v) is 4.31. The lowest BCUT2D eigenvalue weighted by Gasteiger charge is -2.15. The SMILES string of the molecule is CCNC(=O)Oc1c(OC)cc(C=C2C(C)=C(CNC(=O)Cc3cnc[nH]3)c3cc(F)ccc32)cc1OC. The number of hydrogen-bond acceptors (Lipinski definition) is 6. The Balaban J connectivity index is 1.68. The van der Waals surface area contributed by atoms with Crippen molar-refractivity contribution in [3.05, 3.63) is 76.6 Å². The maximum absolute atomic E-state index is 14.2. The Morgan fingerprint density at radius 3 is 2.45 bits per heavy atom. The molecule has 3 N–H and O–H groups in total. The highest BCUT2D eigenvalue weighted by Crippen LogP contribution is 2.44. The Bertz CT molecular complexity index is 1390. The summed E-state index contributed by atoms with van der Waals surface area (Å²) < 4.78 is 30.6. The molecule has 198 valence electrons. The molecule has 4 rings (SSSR count). The highest BCUT2D eigenvalue weighted by atomic mass is 19.1. The van der Waals surface area contributed by atoms with Gasteiger partial charge in [0.1, 0.15) is 5.82 Å². The minimum Gasteiger partial charge on any atom is -0.493 e. The number of methoxy groups -OCH3 is 2. The van der Waals surface area contributed by atoms with Crippen molar-refractivity contribution in [3.8, 4) is 17.2 Å². The lowest BCUT2D eigenvalue weighted by molar-refractivity contribution is -0.120. The maximum Gasteiger partial charge on any atom is 0.412 e. The molecule has 9 nitrogen and oxygen atoms in total. The van der Waals surface area contributed by atoms with Gasteiger partial charge in [-0.05, 0) is 77.6 Å². The Kier molecular flexibility index (Phi) is 8.10. The Morgan fingerprint density at radius 1 is 1.08 bits per heavy atom. The van der Waals surface area contributed by atoms with Gasteiger partial charge in [0.25, 0.3) is 0 Å². The second kappa shape index (κ2) is 11.6. The fraction of sp³-hybridized carbons (Fsp3) is 0.250. The van der Waals surface area contributed by atoms with E-state index in [9.17, 15) is 14.0 Å². The molecule has 0 fully saturated rings. The van der Waals surface area contributed by atoms with Crippen molar-refractivity contribution in [1.82, 2.24) is 20.6 Å². The molecule has 2 amide bonds. The Labute approximate surface area is 219 Å². The smallest absolute Gasteiger partial charge is 0.412 e. The van der Waals surface area contributed by atoms with Gasteiger partial charge in [-0.15, -0.1) is 0 Å². The standard InChI is InChI=1S/C28H29FN4O5/c1-5-31-28(35)38-27-24(36-3)9-17(10-25(27)37-4)8-21-16(2)23(22-11-18(29)6-7-20(21)22)14-32-26(34)12-19-13-30-15-33-19/h6-11,13,15H,5,12,14H2,1-4H3,(H,30,33)(H,31,35)(H,32,34). The summed E-state index contributed by atoms with van der Waals surface area (Å²) in [6.45, 7) is 4.36. The number of H-pyrrole nitrogens is 1. The van der Waals surface area contributed by atoms with Crippen LogP contribution in [0.15, 0.2) is 48.4 Å². The summed E-state index contributed by atoms with van der Waals surface area (Å²) in [6.07, 6.45) is 4.58. The van der Waals surface area contributed by atoms with E-state index < -0.39 is 6.09 Å². The van der Waals surface area contributed by atoms with Crippen LogP contribution in [-0.2, 0) is 11.2 Å². The summed E-state index contributed by atoms with van der Waals surface area (Å²) in [7, 11) is 2.94. The number of ether oxygens (including phenoxy) is 3. The van der Waals surface area contributed by atoms with Crippen molar-refractivity contribution in [1.29, 1.82) is 0 Å². The van der Waals surface area contributed by atoms with Crippen LogP contribution in [-0.4, -0.2) is 49.3 Å². The van der Waals surface area contributed by atoms with Crippen molar-refractivity contribution < 1.29 is 28.2 Å². The molecule has 1 aliphatic carbocycles. The van der Waals surface area contributed by atoms with Gasteiger partial charge in [0.15, 0.2) is 11.5 Å². The lowest BCUT2D eigenvalue weighted by Crippen LogP contribution is -2.27. The predicted octanol–water partition coefficient (Wildman–Crippen LogP) is 4.36. The van der Waals surface area contributed by atoms with E-state index >= 15 is 0 Å². The summed E-state index contributed by atoms with van der Waals surface area (Å²) in [5.41, 5.74) is 5.55. The summed E-state index contributed by atoms with van der Waals surface area (Å²) >= 11 is 0. The van der Waals surface area contributed by atoms with Crippen molar-refractivity contribution in [3.63, 3.8) is 0 Å². The number of carbonyl (C=O) groups excluding carboxylic acids is 2. The summed E-state index contributed by atoms with van der Waals surface area (Å²) in [5.74, 6) is 0.238. The van der Waals surface area contributed by atoms with E-state index in [0.717, 1.165) is 27.8 Å². The van der Waals surface area contributed by atoms with Gasteiger partial charge < -0.3 is 29.8 Å². The lowest BCUT2D eigenvalue weighted by atomic mass is 10.00. The first-order chi connectivity index (χ1) is 18.3. The number of fused-ring (bicyclic) bond motifs is 1. The van der Waals surface area contributed by atoms with Crippen LogP contribution in [0.4, 0.5) is 9.18 Å². The van der Waals surface area contributed by atoms with Gasteiger partial charge in [-0.2, -0.15) is 0 Å². The second-order valence-corrected chi connectivity index (χ2v) is 8.56. The number of hydrogen-bond donors (Lipinski definition) is 3. The zero-order valence-corrected chi connectivity index (χ0v) is 21.6. The molecule has 0 spiro atoms. The number of benzene rings is 2. The van der Waals surface area contributed by atoms with Crippen molar-refractivity contribution in [2.24, 2.45) is 0 Å². The number of rotatable bonds is 9. The molecule has 1 heterocycles. The molecule has 0 bridgehead atoms. The van der Waals surface area contributed by atoms with Gasteiger partial charge in [0, 0.05) is 25.0 Å². The molecule has 1 aromatic heterocycles. The van der Waals surface area contributed by atoms with E-state index in [1.165, 1.54) is 32.7 Å². The molecular weight excluding hydrogens is 491 g/mol. The van der Waals surface area contributed by atoms with Crippen LogP contribution in [0, 0.1) is 5.82 Å². The molecule has 0 atom stereocenters. The topological polar surface area (TPSA) is 115 Å². The normalized spacial score (nSPS) is 13.3. The van der Waals surface area contributed by atoms with E-state index in [-0.39, 0.29) is 30.4 Å². The van der Waals surface area contributed by atoms with E-state index in [0.29, 0.717) is 29.3 Å². The first-order valence-corrected chi connectivity index (χ1v) is 12.0. The maximum atomic E-state index is 14.2. The number of nitrogens with one attached hydrogen (secondary N) is 3. The van der Waals surface area contributed by atoms with Crippen LogP contribution in [0.5, 0.6) is 17.2 Å². The first kappa shape index (κ1) is 26.5. The third-order valence-corrected chi connectivity index (χ3v) is 6.13. The predicted molar refractivity (Wildman–Crippen MR) is 141 cm³/mol. The van der Waals surface area contributed by atoms with Crippen molar-refractivity contribution >= 4 is 29.2 Å². The van der Waals surface area contributed by atoms with Crippen molar-refractivity contribution in [2.75, 3.05) is 27.3 Å². The third kappa shape index (κ3) is 5.69. The van der Waals surface area contributed by atoms with Gasteiger partial charge in [-0.3, -0.25) is 4.79 Å². The van der Waals surface area contributed by atoms with Crippen LogP contribution >= 0.6 is 0 Å². The zero-order chi connectivity index (χ0) is 27.2. The van der Waals surface area contributed by atoms with Gasteiger partial charge in [0.2, 0.25) is 11.7 Å². The fourth-order valence-electron chi connectivity index (χ4n) is 4.31. The average molecular weight is 521 g/mol. The number of carbonyl (C=O) groups is 2. The minimum atomic E-state index is -0.625. The molecule has 1 aliphatic rings. The number of aromatic nitrogens is 2.